The van der Waals surface area contributed by atoms with Gasteiger partial charge in [0.25, 0.3) is 0 Å². The minimum absolute atomic E-state index is 0.0411. The van der Waals surface area contributed by atoms with Crippen molar-refractivity contribution in [2.75, 3.05) is 6.54 Å². The van der Waals surface area contributed by atoms with Crippen molar-refractivity contribution in [2.24, 2.45) is 5.73 Å². The van der Waals surface area contributed by atoms with Crippen LogP contribution in [0.25, 0.3) is 0 Å². The van der Waals surface area contributed by atoms with Crippen LogP contribution in [0, 0.1) is 0 Å². The van der Waals surface area contributed by atoms with Gasteiger partial charge in [-0.05, 0) is 43.5 Å². The molecule has 114 valence electrons. The van der Waals surface area contributed by atoms with Crippen LogP contribution in [0.4, 0.5) is 0 Å². The lowest BCUT2D eigenvalue weighted by Crippen LogP contribution is -2.47. The zero-order valence-corrected chi connectivity index (χ0v) is 12.0. The highest BCUT2D eigenvalue weighted by Crippen LogP contribution is 2.25. The lowest BCUT2D eigenvalue weighted by Gasteiger charge is -2.31. The number of primary amides is 1. The number of carboxylic acids is 1. The van der Waals surface area contributed by atoms with Crippen LogP contribution < -0.4 is 5.73 Å². The maximum absolute atomic E-state index is 12.5. The number of rotatable bonds is 4. The van der Waals surface area contributed by atoms with Gasteiger partial charge in [0.15, 0.2) is 0 Å². The van der Waals surface area contributed by atoms with Crippen LogP contribution in [0.15, 0.2) is 29.2 Å². The number of carboxylic acid groups (broad SMARTS) is 1. The molecule has 1 fully saturated rings. The molecule has 1 aliphatic rings. The minimum atomic E-state index is -3.90. The van der Waals surface area contributed by atoms with E-state index in [0.29, 0.717) is 19.3 Å². The number of amides is 1. The minimum Gasteiger partial charge on any atom is -0.480 e. The number of carbonyl (C=O) groups is 2. The average molecular weight is 312 g/mol. The van der Waals surface area contributed by atoms with Crippen LogP contribution in [-0.4, -0.2) is 42.3 Å². The quantitative estimate of drug-likeness (QED) is 0.835. The Kier molecular flexibility index (Phi) is 4.29. The van der Waals surface area contributed by atoms with E-state index in [1.54, 1.807) is 0 Å². The van der Waals surface area contributed by atoms with Crippen LogP contribution >= 0.6 is 0 Å². The molecular weight excluding hydrogens is 296 g/mol. The van der Waals surface area contributed by atoms with E-state index >= 15 is 0 Å². The Balaban J connectivity index is 2.35. The number of carbonyl (C=O) groups excluding carboxylic acids is 1. The van der Waals surface area contributed by atoms with Crippen LogP contribution in [-0.2, 0) is 14.8 Å². The van der Waals surface area contributed by atoms with Gasteiger partial charge in [0.2, 0.25) is 15.9 Å². The van der Waals surface area contributed by atoms with E-state index < -0.39 is 27.9 Å². The Bertz CT molecular complexity index is 654. The van der Waals surface area contributed by atoms with E-state index in [1.807, 2.05) is 0 Å². The Hall–Kier alpha value is -1.93. The summed E-state index contributed by atoms with van der Waals surface area (Å²) in [5.74, 6) is -1.80. The number of piperidine rings is 1. The van der Waals surface area contributed by atoms with Crippen LogP contribution in [0.3, 0.4) is 0 Å². The standard InChI is InChI=1S/C13H16N2O5S/c14-12(16)9-4-6-10(7-5-9)21(19,20)15-8-2-1-3-11(15)13(17)18/h4-7,11H,1-3,8H2,(H2,14,16)(H,17,18)/t11-/m0/s1. The number of hydrogen-bond donors (Lipinski definition) is 2. The summed E-state index contributed by atoms with van der Waals surface area (Å²) in [6.07, 6.45) is 1.61. The highest BCUT2D eigenvalue weighted by atomic mass is 32.2. The molecule has 0 bridgehead atoms. The smallest absolute Gasteiger partial charge is 0.322 e. The maximum Gasteiger partial charge on any atom is 0.322 e. The molecule has 1 amide bonds. The van der Waals surface area contributed by atoms with Gasteiger partial charge in [0.1, 0.15) is 6.04 Å². The van der Waals surface area contributed by atoms with E-state index in [-0.39, 0.29) is 17.0 Å². The predicted octanol–water partition coefficient (Wildman–Crippen LogP) is 0.413. The predicted molar refractivity (Wildman–Crippen MR) is 74.1 cm³/mol. The van der Waals surface area contributed by atoms with Crippen molar-refractivity contribution in [3.8, 4) is 0 Å². The largest absolute Gasteiger partial charge is 0.480 e. The molecule has 0 spiro atoms. The van der Waals surface area contributed by atoms with Crippen LogP contribution in [0.2, 0.25) is 0 Å². The van der Waals surface area contributed by atoms with Crippen molar-refractivity contribution < 1.29 is 23.1 Å². The average Bonchev–Trinajstić information content (AvgIpc) is 2.47. The number of nitrogens with zero attached hydrogens (tertiary/aromatic N) is 1. The molecule has 0 aliphatic carbocycles. The van der Waals surface area contributed by atoms with Gasteiger partial charge in [0.05, 0.1) is 4.90 Å². The number of nitrogens with two attached hydrogens (primary N) is 1. The van der Waals surface area contributed by atoms with Gasteiger partial charge in [-0.2, -0.15) is 4.31 Å². The third kappa shape index (κ3) is 3.06. The summed E-state index contributed by atoms with van der Waals surface area (Å²) in [7, 11) is -3.90. The SMILES string of the molecule is NC(=O)c1ccc(S(=O)(=O)N2CCCC[C@H]2C(=O)O)cc1. The highest BCUT2D eigenvalue weighted by molar-refractivity contribution is 7.89. The van der Waals surface area contributed by atoms with Gasteiger partial charge < -0.3 is 10.8 Å². The van der Waals surface area contributed by atoms with Crippen molar-refractivity contribution in [1.82, 2.24) is 4.31 Å². The number of aliphatic carboxylic acids is 1. The fourth-order valence-electron chi connectivity index (χ4n) is 2.37. The van der Waals surface area contributed by atoms with Crippen molar-refractivity contribution in [1.29, 1.82) is 0 Å². The molecule has 1 aromatic carbocycles. The van der Waals surface area contributed by atoms with Gasteiger partial charge >= 0.3 is 5.97 Å². The van der Waals surface area contributed by atoms with E-state index in [0.717, 1.165) is 4.31 Å². The number of hydrogen-bond acceptors (Lipinski definition) is 4. The second kappa shape index (κ2) is 5.82. The zero-order valence-electron chi connectivity index (χ0n) is 11.2. The molecule has 1 aliphatic heterocycles. The Morgan fingerprint density at radius 1 is 1.19 bits per heavy atom. The summed E-state index contributed by atoms with van der Waals surface area (Å²) < 4.78 is 26.1. The van der Waals surface area contributed by atoms with Crippen LogP contribution in [0.5, 0.6) is 0 Å². The van der Waals surface area contributed by atoms with Crippen molar-refractivity contribution in [2.45, 2.75) is 30.2 Å². The van der Waals surface area contributed by atoms with Gasteiger partial charge in [-0.15, -0.1) is 0 Å². The lowest BCUT2D eigenvalue weighted by molar-refractivity contribution is -0.142. The van der Waals surface area contributed by atoms with E-state index in [1.165, 1.54) is 24.3 Å². The first kappa shape index (κ1) is 15.5. The Morgan fingerprint density at radius 2 is 1.81 bits per heavy atom. The summed E-state index contributed by atoms with van der Waals surface area (Å²) in [5.41, 5.74) is 5.30. The molecule has 0 saturated carbocycles. The summed E-state index contributed by atoms with van der Waals surface area (Å²) in [6.45, 7) is 0.177. The molecule has 21 heavy (non-hydrogen) atoms. The second-order valence-corrected chi connectivity index (χ2v) is 6.74. The van der Waals surface area contributed by atoms with Gasteiger partial charge in [-0.1, -0.05) is 0 Å². The first-order chi connectivity index (χ1) is 9.84. The third-order valence-corrected chi connectivity index (χ3v) is 5.41. The molecular formula is C13H16N2O5S. The third-order valence-electron chi connectivity index (χ3n) is 3.48. The van der Waals surface area contributed by atoms with Crippen molar-refractivity contribution in [3.05, 3.63) is 29.8 Å². The molecule has 7 nitrogen and oxygen atoms in total. The molecule has 3 N–H and O–H groups in total. The number of benzene rings is 1. The molecule has 8 heteroatoms. The van der Waals surface area contributed by atoms with Gasteiger partial charge in [-0.25, -0.2) is 8.42 Å². The fraction of sp³-hybridized carbons (Fsp3) is 0.385. The summed E-state index contributed by atoms with van der Waals surface area (Å²) in [6, 6.07) is 4.12. The fourth-order valence-corrected chi connectivity index (χ4v) is 4.02. The molecule has 1 saturated heterocycles. The number of sulfonamides is 1. The van der Waals surface area contributed by atoms with E-state index in [9.17, 15) is 18.0 Å². The molecule has 2 rings (SSSR count). The van der Waals surface area contributed by atoms with Gasteiger partial charge in [-0.3, -0.25) is 9.59 Å². The second-order valence-electron chi connectivity index (χ2n) is 4.85. The molecule has 0 aromatic heterocycles. The highest BCUT2D eigenvalue weighted by Gasteiger charge is 2.37. The summed E-state index contributed by atoms with van der Waals surface area (Å²) in [5, 5.41) is 9.17. The first-order valence-corrected chi connectivity index (χ1v) is 7.92. The summed E-state index contributed by atoms with van der Waals surface area (Å²) in [4.78, 5) is 22.2. The van der Waals surface area contributed by atoms with E-state index in [4.69, 9.17) is 10.8 Å². The first-order valence-electron chi connectivity index (χ1n) is 6.48. The van der Waals surface area contributed by atoms with Crippen LogP contribution in [0.1, 0.15) is 29.6 Å². The van der Waals surface area contributed by atoms with E-state index in [2.05, 4.69) is 0 Å². The maximum atomic E-state index is 12.5. The lowest BCUT2D eigenvalue weighted by atomic mass is 10.1. The molecule has 0 radical (unpaired) electrons. The topological polar surface area (TPSA) is 118 Å². The molecule has 0 unspecified atom stereocenters. The monoisotopic (exact) mass is 312 g/mol. The van der Waals surface area contributed by atoms with Crippen molar-refractivity contribution >= 4 is 21.9 Å². The zero-order chi connectivity index (χ0) is 15.6. The molecule has 1 aromatic rings. The Labute approximate surface area is 122 Å². The van der Waals surface area contributed by atoms with Gasteiger partial charge in [0, 0.05) is 12.1 Å². The summed E-state index contributed by atoms with van der Waals surface area (Å²) >= 11 is 0. The Morgan fingerprint density at radius 3 is 2.33 bits per heavy atom. The van der Waals surface area contributed by atoms with Crippen molar-refractivity contribution in [3.63, 3.8) is 0 Å². The normalized spacial score (nSPS) is 20.1. The molecule has 1 heterocycles. The molecule has 1 atom stereocenters.